The predicted octanol–water partition coefficient (Wildman–Crippen LogP) is 3.81. The highest BCUT2D eigenvalue weighted by molar-refractivity contribution is 6.30. The smallest absolute Gasteiger partial charge is 0.161 e. The minimum absolute atomic E-state index is 0.344. The molecule has 3 nitrogen and oxygen atoms in total. The Bertz CT molecular complexity index is 469. The summed E-state index contributed by atoms with van der Waals surface area (Å²) < 4.78 is 5.95. The van der Waals surface area contributed by atoms with Gasteiger partial charge in [0, 0.05) is 17.9 Å². The van der Waals surface area contributed by atoms with E-state index in [2.05, 4.69) is 11.9 Å². The molecule has 1 atom stereocenters. The molecule has 0 saturated carbocycles. The molecule has 0 amide bonds. The van der Waals surface area contributed by atoms with E-state index in [0.717, 1.165) is 43.8 Å². The van der Waals surface area contributed by atoms with Gasteiger partial charge in [0.25, 0.3) is 0 Å². The van der Waals surface area contributed by atoms with Crippen LogP contribution in [0.5, 0.6) is 0 Å². The molecule has 4 heteroatoms. The van der Waals surface area contributed by atoms with E-state index >= 15 is 0 Å². The van der Waals surface area contributed by atoms with Gasteiger partial charge in [0.1, 0.15) is 10.8 Å². The second-order valence-electron chi connectivity index (χ2n) is 5.86. The number of hydrogen-bond acceptors (Lipinski definition) is 3. The highest BCUT2D eigenvalue weighted by Gasteiger charge is 2.34. The van der Waals surface area contributed by atoms with Crippen molar-refractivity contribution in [3.63, 3.8) is 0 Å². The van der Waals surface area contributed by atoms with Gasteiger partial charge in [-0.25, -0.2) is 9.97 Å². The van der Waals surface area contributed by atoms with Crippen LogP contribution < -0.4 is 0 Å². The summed E-state index contributed by atoms with van der Waals surface area (Å²) in [5.74, 6) is 0.790. The molecule has 19 heavy (non-hydrogen) atoms. The Labute approximate surface area is 119 Å². The van der Waals surface area contributed by atoms with Crippen LogP contribution in [0.4, 0.5) is 0 Å². The van der Waals surface area contributed by atoms with Gasteiger partial charge in [0.05, 0.1) is 0 Å². The van der Waals surface area contributed by atoms with Gasteiger partial charge >= 0.3 is 0 Å². The van der Waals surface area contributed by atoms with Crippen molar-refractivity contribution in [3.8, 4) is 0 Å². The topological polar surface area (TPSA) is 35.0 Å². The molecule has 1 aromatic rings. The van der Waals surface area contributed by atoms with Crippen LogP contribution in [0.2, 0.25) is 5.15 Å². The number of ether oxygens (including phenoxy) is 1. The maximum absolute atomic E-state index is 6.39. The fraction of sp³-hybridized carbons (Fsp3) is 0.733. The zero-order chi connectivity index (χ0) is 13.3. The van der Waals surface area contributed by atoms with E-state index in [-0.39, 0.29) is 5.60 Å². The molecule has 3 rings (SSSR count). The van der Waals surface area contributed by atoms with Crippen LogP contribution in [0.25, 0.3) is 0 Å². The highest BCUT2D eigenvalue weighted by Crippen LogP contribution is 2.35. The summed E-state index contributed by atoms with van der Waals surface area (Å²) in [6.07, 6.45) is 9.01. The standard InChI is InChI=1S/C15H21ClN2O/c1-15(9-5-6-10-19-15)14-17-12-8-4-2-3-7-11(12)13(16)18-14/h2-10H2,1H3. The van der Waals surface area contributed by atoms with Gasteiger partial charge in [-0.2, -0.15) is 0 Å². The van der Waals surface area contributed by atoms with Crippen molar-refractivity contribution in [2.75, 3.05) is 6.61 Å². The van der Waals surface area contributed by atoms with Crippen molar-refractivity contribution in [2.45, 2.75) is 63.9 Å². The molecule has 0 aromatic carbocycles. The van der Waals surface area contributed by atoms with Gasteiger partial charge in [-0.3, -0.25) is 0 Å². The lowest BCUT2D eigenvalue weighted by molar-refractivity contribution is -0.0761. The average Bonchev–Trinajstić information content (AvgIpc) is 2.65. The van der Waals surface area contributed by atoms with E-state index < -0.39 is 0 Å². The number of hydrogen-bond donors (Lipinski definition) is 0. The second kappa shape index (κ2) is 5.37. The molecule has 1 aliphatic heterocycles. The van der Waals surface area contributed by atoms with Gasteiger partial charge in [-0.15, -0.1) is 0 Å². The monoisotopic (exact) mass is 280 g/mol. The fourth-order valence-electron chi connectivity index (χ4n) is 3.07. The van der Waals surface area contributed by atoms with Crippen LogP contribution in [-0.4, -0.2) is 16.6 Å². The lowest BCUT2D eigenvalue weighted by Crippen LogP contribution is -2.33. The molecule has 0 spiro atoms. The number of halogens is 1. The predicted molar refractivity (Wildman–Crippen MR) is 75.5 cm³/mol. The third-order valence-electron chi connectivity index (χ3n) is 4.32. The molecule has 0 N–H and O–H groups in total. The Morgan fingerprint density at radius 3 is 2.68 bits per heavy atom. The summed E-state index contributed by atoms with van der Waals surface area (Å²) in [7, 11) is 0. The molecule has 104 valence electrons. The summed E-state index contributed by atoms with van der Waals surface area (Å²) in [4.78, 5) is 9.36. The van der Waals surface area contributed by atoms with Gasteiger partial charge in [-0.1, -0.05) is 18.0 Å². The minimum atomic E-state index is -0.344. The fourth-order valence-corrected chi connectivity index (χ4v) is 3.36. The van der Waals surface area contributed by atoms with Crippen molar-refractivity contribution in [2.24, 2.45) is 0 Å². The molecule has 1 unspecified atom stereocenters. The van der Waals surface area contributed by atoms with Crippen LogP contribution in [0.15, 0.2) is 0 Å². The van der Waals surface area contributed by atoms with E-state index in [1.165, 1.54) is 31.2 Å². The first kappa shape index (κ1) is 13.3. The lowest BCUT2D eigenvalue weighted by Gasteiger charge is -2.32. The number of rotatable bonds is 1. The van der Waals surface area contributed by atoms with E-state index in [9.17, 15) is 0 Å². The third kappa shape index (κ3) is 2.63. The maximum Gasteiger partial charge on any atom is 0.161 e. The molecule has 1 aromatic heterocycles. The summed E-state index contributed by atoms with van der Waals surface area (Å²) in [5.41, 5.74) is 1.98. The minimum Gasteiger partial charge on any atom is -0.367 e. The quantitative estimate of drug-likeness (QED) is 0.579. The van der Waals surface area contributed by atoms with Gasteiger partial charge in [0.2, 0.25) is 0 Å². The van der Waals surface area contributed by atoms with Crippen molar-refractivity contribution in [1.82, 2.24) is 9.97 Å². The molecule has 2 heterocycles. The zero-order valence-electron chi connectivity index (χ0n) is 11.5. The Morgan fingerprint density at radius 2 is 1.89 bits per heavy atom. The van der Waals surface area contributed by atoms with Crippen LogP contribution >= 0.6 is 11.6 Å². The summed E-state index contributed by atoms with van der Waals surface area (Å²) >= 11 is 6.39. The first-order valence-corrected chi connectivity index (χ1v) is 7.76. The lowest BCUT2D eigenvalue weighted by atomic mass is 9.94. The normalized spacial score (nSPS) is 27.7. The number of aromatic nitrogens is 2. The van der Waals surface area contributed by atoms with Crippen molar-refractivity contribution in [1.29, 1.82) is 0 Å². The summed E-state index contributed by atoms with van der Waals surface area (Å²) in [6, 6.07) is 0. The molecular formula is C15H21ClN2O. The summed E-state index contributed by atoms with van der Waals surface area (Å²) in [5, 5.41) is 0.650. The molecule has 0 bridgehead atoms. The second-order valence-corrected chi connectivity index (χ2v) is 6.22. The Hall–Kier alpha value is -0.670. The molecule has 0 radical (unpaired) electrons. The first-order valence-electron chi connectivity index (χ1n) is 7.39. The maximum atomic E-state index is 6.39. The van der Waals surface area contributed by atoms with E-state index in [1.54, 1.807) is 0 Å². The Balaban J connectivity index is 1.98. The molecule has 1 saturated heterocycles. The molecule has 1 aliphatic carbocycles. The SMILES string of the molecule is CC1(c2nc(Cl)c3c(n2)CCCCC3)CCCCO1. The molecular weight excluding hydrogens is 260 g/mol. The van der Waals surface area contributed by atoms with E-state index in [1.807, 2.05) is 0 Å². The first-order chi connectivity index (χ1) is 9.19. The third-order valence-corrected chi connectivity index (χ3v) is 4.64. The highest BCUT2D eigenvalue weighted by atomic mass is 35.5. The zero-order valence-corrected chi connectivity index (χ0v) is 12.3. The van der Waals surface area contributed by atoms with Crippen molar-refractivity contribution >= 4 is 11.6 Å². The van der Waals surface area contributed by atoms with Gasteiger partial charge in [0.15, 0.2) is 5.82 Å². The van der Waals surface area contributed by atoms with Crippen LogP contribution in [0, 0.1) is 0 Å². The van der Waals surface area contributed by atoms with E-state index in [0.29, 0.717) is 5.15 Å². The van der Waals surface area contributed by atoms with Crippen molar-refractivity contribution in [3.05, 3.63) is 22.2 Å². The van der Waals surface area contributed by atoms with Crippen LogP contribution in [0.1, 0.15) is 62.5 Å². The molecule has 2 aliphatic rings. The Morgan fingerprint density at radius 1 is 1.05 bits per heavy atom. The Kier molecular flexibility index (Phi) is 3.77. The van der Waals surface area contributed by atoms with Crippen LogP contribution in [0.3, 0.4) is 0 Å². The van der Waals surface area contributed by atoms with Crippen molar-refractivity contribution < 1.29 is 4.74 Å². The van der Waals surface area contributed by atoms with Gasteiger partial charge < -0.3 is 4.74 Å². The number of nitrogens with zero attached hydrogens (tertiary/aromatic N) is 2. The largest absolute Gasteiger partial charge is 0.367 e. The van der Waals surface area contributed by atoms with E-state index in [4.69, 9.17) is 21.3 Å². The number of fused-ring (bicyclic) bond motifs is 1. The summed E-state index contributed by atoms with van der Waals surface area (Å²) in [6.45, 7) is 2.90. The number of aryl methyl sites for hydroxylation is 1. The van der Waals surface area contributed by atoms with Gasteiger partial charge in [-0.05, 0) is 51.9 Å². The van der Waals surface area contributed by atoms with Crippen LogP contribution in [-0.2, 0) is 23.2 Å². The molecule has 1 fully saturated rings. The average molecular weight is 281 g/mol.